The number of nitrogens with zero attached hydrogens (tertiary/aromatic N) is 1. The minimum atomic E-state index is -1.30. The van der Waals surface area contributed by atoms with E-state index in [1.54, 1.807) is 19.1 Å². The van der Waals surface area contributed by atoms with Gasteiger partial charge in [0.05, 0.1) is 6.54 Å². The van der Waals surface area contributed by atoms with Gasteiger partial charge < -0.3 is 15.2 Å². The Morgan fingerprint density at radius 1 is 1.15 bits per heavy atom. The number of nitrogens with one attached hydrogen (secondary N) is 1. The summed E-state index contributed by atoms with van der Waals surface area (Å²) in [6.45, 7) is 3.24. The van der Waals surface area contributed by atoms with Crippen LogP contribution in [0, 0.1) is 12.7 Å². The Morgan fingerprint density at radius 2 is 1.78 bits per heavy atom. The Labute approximate surface area is 156 Å². The number of benzene rings is 2. The van der Waals surface area contributed by atoms with Gasteiger partial charge in [-0.1, -0.05) is 29.8 Å². The summed E-state index contributed by atoms with van der Waals surface area (Å²) in [5, 5.41) is 12.8. The van der Waals surface area contributed by atoms with Crippen LogP contribution in [0.3, 0.4) is 0 Å². The summed E-state index contributed by atoms with van der Waals surface area (Å²) in [5.74, 6) is -0.346. The summed E-state index contributed by atoms with van der Waals surface area (Å²) >= 11 is 0. The second-order valence-corrected chi connectivity index (χ2v) is 6.76. The standard InChI is InChI=1S/C20H21FN2O4/c1-13-3-9-17(10-4-13)27-12-16(24)11-23-18(25)20(2,22-19(23)26)14-5-7-15(21)8-6-14/h3-10,16,24H,11-12H2,1-2H3,(H,22,26)/t16-,20+/m1/s1. The number of carbonyl (C=O) groups excluding carboxylic acids is 2. The zero-order valence-corrected chi connectivity index (χ0v) is 15.1. The topological polar surface area (TPSA) is 78.9 Å². The summed E-state index contributed by atoms with van der Waals surface area (Å²) in [6, 6.07) is 12.1. The third-order valence-electron chi connectivity index (χ3n) is 4.55. The van der Waals surface area contributed by atoms with Crippen LogP contribution in [0.4, 0.5) is 9.18 Å². The first-order valence-corrected chi connectivity index (χ1v) is 8.57. The van der Waals surface area contributed by atoms with Gasteiger partial charge in [0.25, 0.3) is 5.91 Å². The van der Waals surface area contributed by atoms with Crippen molar-refractivity contribution in [1.29, 1.82) is 0 Å². The number of carbonyl (C=O) groups is 2. The van der Waals surface area contributed by atoms with E-state index in [0.717, 1.165) is 10.5 Å². The molecular formula is C20H21FN2O4. The van der Waals surface area contributed by atoms with Crippen LogP contribution in [-0.4, -0.2) is 41.2 Å². The van der Waals surface area contributed by atoms with Crippen molar-refractivity contribution in [2.24, 2.45) is 0 Å². The average Bonchev–Trinajstić information content (AvgIpc) is 2.86. The number of aliphatic hydroxyl groups is 1. The molecule has 142 valence electrons. The summed E-state index contributed by atoms with van der Waals surface area (Å²) in [4.78, 5) is 26.0. The second-order valence-electron chi connectivity index (χ2n) is 6.76. The Kier molecular flexibility index (Phi) is 5.14. The molecule has 0 aromatic heterocycles. The molecule has 1 aliphatic heterocycles. The fourth-order valence-electron chi connectivity index (χ4n) is 2.93. The maximum absolute atomic E-state index is 13.1. The first kappa shape index (κ1) is 18.8. The average molecular weight is 372 g/mol. The third kappa shape index (κ3) is 3.93. The molecule has 0 aliphatic carbocycles. The van der Waals surface area contributed by atoms with Crippen molar-refractivity contribution in [1.82, 2.24) is 10.2 Å². The van der Waals surface area contributed by atoms with E-state index >= 15 is 0 Å². The van der Waals surface area contributed by atoms with Crippen molar-refractivity contribution in [3.05, 3.63) is 65.5 Å². The van der Waals surface area contributed by atoms with Crippen molar-refractivity contribution in [2.45, 2.75) is 25.5 Å². The number of amides is 3. The fraction of sp³-hybridized carbons (Fsp3) is 0.300. The highest BCUT2D eigenvalue weighted by molar-refractivity contribution is 6.07. The molecule has 1 heterocycles. The van der Waals surface area contributed by atoms with Gasteiger partial charge >= 0.3 is 6.03 Å². The number of halogens is 1. The van der Waals surface area contributed by atoms with Gasteiger partial charge in [-0.2, -0.15) is 0 Å². The number of hydrogen-bond acceptors (Lipinski definition) is 4. The molecule has 3 rings (SSSR count). The SMILES string of the molecule is Cc1ccc(OC[C@H](O)CN2C(=O)N[C@@](C)(c3ccc(F)cc3)C2=O)cc1. The highest BCUT2D eigenvalue weighted by Gasteiger charge is 2.49. The van der Waals surface area contributed by atoms with E-state index < -0.39 is 29.4 Å². The van der Waals surface area contributed by atoms with Gasteiger partial charge in [0.1, 0.15) is 29.8 Å². The smallest absolute Gasteiger partial charge is 0.325 e. The molecule has 27 heavy (non-hydrogen) atoms. The lowest BCUT2D eigenvalue weighted by atomic mass is 9.92. The van der Waals surface area contributed by atoms with Crippen molar-refractivity contribution in [3.8, 4) is 5.75 Å². The van der Waals surface area contributed by atoms with E-state index in [-0.39, 0.29) is 13.2 Å². The van der Waals surface area contributed by atoms with Crippen LogP contribution in [0.2, 0.25) is 0 Å². The molecule has 0 radical (unpaired) electrons. The zero-order chi connectivity index (χ0) is 19.6. The molecule has 1 saturated heterocycles. The fourth-order valence-corrected chi connectivity index (χ4v) is 2.93. The lowest BCUT2D eigenvalue weighted by molar-refractivity contribution is -0.132. The zero-order valence-electron chi connectivity index (χ0n) is 15.1. The predicted molar refractivity (Wildman–Crippen MR) is 96.7 cm³/mol. The molecule has 3 amide bonds. The first-order chi connectivity index (χ1) is 12.8. The van der Waals surface area contributed by atoms with Crippen LogP contribution < -0.4 is 10.1 Å². The van der Waals surface area contributed by atoms with Crippen LogP contribution in [0.5, 0.6) is 5.75 Å². The summed E-state index contributed by atoms with van der Waals surface area (Å²) in [5.41, 5.74) is 0.250. The normalized spacial score (nSPS) is 20.5. The summed E-state index contributed by atoms with van der Waals surface area (Å²) < 4.78 is 18.6. The maximum atomic E-state index is 13.1. The van der Waals surface area contributed by atoms with Crippen molar-refractivity contribution in [2.75, 3.05) is 13.2 Å². The molecular weight excluding hydrogens is 351 g/mol. The van der Waals surface area contributed by atoms with Gasteiger partial charge in [0.15, 0.2) is 0 Å². The largest absolute Gasteiger partial charge is 0.491 e. The van der Waals surface area contributed by atoms with E-state index in [9.17, 15) is 19.1 Å². The molecule has 1 fully saturated rings. The lowest BCUT2D eigenvalue weighted by Crippen LogP contribution is -2.42. The Bertz CT molecular complexity index is 838. The van der Waals surface area contributed by atoms with Gasteiger partial charge in [-0.3, -0.25) is 9.69 Å². The number of hydrogen-bond donors (Lipinski definition) is 2. The van der Waals surface area contributed by atoms with Crippen LogP contribution in [-0.2, 0) is 10.3 Å². The molecule has 7 heteroatoms. The molecule has 1 aliphatic rings. The minimum absolute atomic E-state index is 0.0621. The molecule has 0 bridgehead atoms. The van der Waals surface area contributed by atoms with Gasteiger partial charge in [0, 0.05) is 0 Å². The van der Waals surface area contributed by atoms with Crippen molar-refractivity contribution >= 4 is 11.9 Å². The second kappa shape index (κ2) is 7.36. The number of aliphatic hydroxyl groups excluding tert-OH is 1. The first-order valence-electron chi connectivity index (χ1n) is 8.57. The highest BCUT2D eigenvalue weighted by Crippen LogP contribution is 2.29. The van der Waals surface area contributed by atoms with Crippen molar-refractivity contribution < 1.29 is 23.8 Å². The van der Waals surface area contributed by atoms with Gasteiger partial charge in [-0.15, -0.1) is 0 Å². The molecule has 2 aromatic carbocycles. The van der Waals surface area contributed by atoms with Crippen LogP contribution >= 0.6 is 0 Å². The van der Waals surface area contributed by atoms with E-state index in [1.807, 2.05) is 19.1 Å². The minimum Gasteiger partial charge on any atom is -0.491 e. The summed E-state index contributed by atoms with van der Waals surface area (Å²) in [6.07, 6.45) is -1.04. The van der Waals surface area contributed by atoms with E-state index in [0.29, 0.717) is 11.3 Å². The molecule has 0 unspecified atom stereocenters. The van der Waals surface area contributed by atoms with Crippen molar-refractivity contribution in [3.63, 3.8) is 0 Å². The third-order valence-corrected chi connectivity index (χ3v) is 4.55. The van der Waals surface area contributed by atoms with Crippen LogP contribution in [0.25, 0.3) is 0 Å². The van der Waals surface area contributed by atoms with Gasteiger partial charge in [0.2, 0.25) is 0 Å². The number of ether oxygens (including phenoxy) is 1. The Hall–Kier alpha value is -2.93. The van der Waals surface area contributed by atoms with E-state index in [2.05, 4.69) is 5.32 Å². The molecule has 0 saturated carbocycles. The quantitative estimate of drug-likeness (QED) is 0.763. The number of urea groups is 1. The molecule has 2 atom stereocenters. The van der Waals surface area contributed by atoms with E-state index in [1.165, 1.54) is 24.3 Å². The summed E-state index contributed by atoms with van der Waals surface area (Å²) in [7, 11) is 0. The number of rotatable bonds is 6. The Morgan fingerprint density at radius 3 is 2.41 bits per heavy atom. The number of aryl methyl sites for hydroxylation is 1. The van der Waals surface area contributed by atoms with Gasteiger partial charge in [-0.25, -0.2) is 9.18 Å². The Balaban J connectivity index is 1.64. The lowest BCUT2D eigenvalue weighted by Gasteiger charge is -2.23. The molecule has 2 N–H and O–H groups in total. The molecule has 6 nitrogen and oxygen atoms in total. The number of β-amino-alcohol motifs (C(OH)–C–C–N with tert-alkyl or cyclic N) is 1. The van der Waals surface area contributed by atoms with Gasteiger partial charge in [-0.05, 0) is 43.7 Å². The maximum Gasteiger partial charge on any atom is 0.325 e. The highest BCUT2D eigenvalue weighted by atomic mass is 19.1. The monoisotopic (exact) mass is 372 g/mol. The predicted octanol–water partition coefficient (Wildman–Crippen LogP) is 2.34. The molecule has 0 spiro atoms. The van der Waals surface area contributed by atoms with E-state index in [4.69, 9.17) is 4.74 Å². The van der Waals surface area contributed by atoms with Crippen LogP contribution in [0.1, 0.15) is 18.1 Å². The number of imide groups is 1. The molecule has 2 aromatic rings. The van der Waals surface area contributed by atoms with Crippen LogP contribution in [0.15, 0.2) is 48.5 Å².